The average molecular weight is 340 g/mol. The van der Waals surface area contributed by atoms with Crippen LogP contribution in [0.4, 0.5) is 0 Å². The van der Waals surface area contributed by atoms with Crippen LogP contribution in [-0.2, 0) is 0 Å². The van der Waals surface area contributed by atoms with E-state index in [1.54, 1.807) is 36.4 Å². The molecule has 2 aromatic carbocycles. The minimum atomic E-state index is -0.537. The van der Waals surface area contributed by atoms with Gasteiger partial charge < -0.3 is 15.2 Å². The Bertz CT molecular complexity index is 669. The largest absolute Gasteiger partial charge is 0.489 e. The first-order valence-corrected chi connectivity index (χ1v) is 7.34. The summed E-state index contributed by atoms with van der Waals surface area (Å²) in [5, 5.41) is 0.863. The number of ether oxygens (including phenoxy) is 2. The summed E-state index contributed by atoms with van der Waals surface area (Å²) in [5.41, 5.74) is 6.62. The minimum absolute atomic E-state index is 0.227. The molecule has 0 heterocycles. The molecule has 2 rings (SSSR count). The third kappa shape index (κ3) is 4.06. The van der Waals surface area contributed by atoms with Crippen molar-refractivity contribution in [2.45, 2.75) is 6.92 Å². The molecule has 0 aliphatic carbocycles. The van der Waals surface area contributed by atoms with Crippen molar-refractivity contribution in [1.82, 2.24) is 0 Å². The first-order chi connectivity index (χ1) is 10.5. The fourth-order valence-electron chi connectivity index (χ4n) is 1.87. The van der Waals surface area contributed by atoms with Gasteiger partial charge in [-0.1, -0.05) is 35.3 Å². The van der Waals surface area contributed by atoms with E-state index in [0.29, 0.717) is 27.1 Å². The zero-order valence-electron chi connectivity index (χ0n) is 11.9. The molecule has 0 aromatic heterocycles. The van der Waals surface area contributed by atoms with Crippen molar-refractivity contribution in [3.8, 4) is 11.5 Å². The van der Waals surface area contributed by atoms with E-state index in [4.69, 9.17) is 38.4 Å². The number of amides is 1. The summed E-state index contributed by atoms with van der Waals surface area (Å²) in [4.78, 5) is 11.4. The molecule has 0 saturated heterocycles. The highest BCUT2D eigenvalue weighted by Crippen LogP contribution is 2.32. The highest BCUT2D eigenvalue weighted by molar-refractivity contribution is 6.37. The van der Waals surface area contributed by atoms with Crippen LogP contribution in [0.25, 0.3) is 0 Å². The molecular weight excluding hydrogens is 325 g/mol. The predicted octanol–water partition coefficient (Wildman–Crippen LogP) is 3.86. The Morgan fingerprint density at radius 2 is 1.73 bits per heavy atom. The van der Waals surface area contributed by atoms with Crippen LogP contribution in [-0.4, -0.2) is 19.1 Å². The summed E-state index contributed by atoms with van der Waals surface area (Å²) in [6, 6.07) is 10.3. The van der Waals surface area contributed by atoms with Gasteiger partial charge >= 0.3 is 0 Å². The number of benzene rings is 2. The lowest BCUT2D eigenvalue weighted by molar-refractivity contribution is 0.0995. The Kier molecular flexibility index (Phi) is 5.52. The molecule has 0 atom stereocenters. The van der Waals surface area contributed by atoms with Gasteiger partial charge in [-0.3, -0.25) is 4.79 Å². The third-order valence-electron chi connectivity index (χ3n) is 2.91. The zero-order valence-corrected chi connectivity index (χ0v) is 13.4. The summed E-state index contributed by atoms with van der Waals surface area (Å²) in [7, 11) is 0. The Morgan fingerprint density at radius 3 is 2.36 bits per heavy atom. The zero-order chi connectivity index (χ0) is 16.1. The van der Waals surface area contributed by atoms with Crippen molar-refractivity contribution in [2.75, 3.05) is 13.2 Å². The van der Waals surface area contributed by atoms with Crippen LogP contribution in [0.3, 0.4) is 0 Å². The van der Waals surface area contributed by atoms with Crippen LogP contribution in [0.2, 0.25) is 10.0 Å². The molecule has 0 aliphatic rings. The van der Waals surface area contributed by atoms with E-state index in [2.05, 4.69) is 0 Å². The second kappa shape index (κ2) is 7.38. The molecule has 0 unspecified atom stereocenters. The number of carbonyl (C=O) groups excluding carboxylic acids is 1. The maximum Gasteiger partial charge on any atom is 0.252 e. The number of hydrogen-bond donors (Lipinski definition) is 1. The van der Waals surface area contributed by atoms with Crippen LogP contribution in [0.15, 0.2) is 36.4 Å². The maximum atomic E-state index is 11.4. The Morgan fingerprint density at radius 1 is 1.09 bits per heavy atom. The highest BCUT2D eigenvalue weighted by atomic mass is 35.5. The number of nitrogens with two attached hydrogens (primary N) is 1. The van der Waals surface area contributed by atoms with Crippen LogP contribution in [0.1, 0.15) is 15.9 Å². The standard InChI is InChI=1S/C16H15Cl2NO3/c1-10-5-6-11(16(19)20)14(9-10)21-7-8-22-15-12(17)3-2-4-13(15)18/h2-6,9H,7-8H2,1H3,(H2,19,20). The lowest BCUT2D eigenvalue weighted by Gasteiger charge is -2.12. The fraction of sp³-hybridized carbons (Fsp3) is 0.188. The van der Waals surface area contributed by atoms with Gasteiger partial charge in [0.25, 0.3) is 5.91 Å². The average Bonchev–Trinajstić information content (AvgIpc) is 2.45. The lowest BCUT2D eigenvalue weighted by atomic mass is 10.1. The van der Waals surface area contributed by atoms with Crippen LogP contribution >= 0.6 is 23.2 Å². The minimum Gasteiger partial charge on any atom is -0.489 e. The third-order valence-corrected chi connectivity index (χ3v) is 3.50. The van der Waals surface area contributed by atoms with Gasteiger partial charge in [0, 0.05) is 0 Å². The van der Waals surface area contributed by atoms with E-state index < -0.39 is 5.91 Å². The monoisotopic (exact) mass is 339 g/mol. The van der Waals surface area contributed by atoms with Crippen molar-refractivity contribution < 1.29 is 14.3 Å². The predicted molar refractivity (Wildman–Crippen MR) is 87.1 cm³/mol. The summed E-state index contributed by atoms with van der Waals surface area (Å²) in [5.74, 6) is 0.306. The summed E-state index contributed by atoms with van der Waals surface area (Å²) in [6.07, 6.45) is 0. The van der Waals surface area contributed by atoms with Crippen molar-refractivity contribution >= 4 is 29.1 Å². The van der Waals surface area contributed by atoms with E-state index in [1.165, 1.54) is 0 Å². The molecule has 2 N–H and O–H groups in total. The van der Waals surface area contributed by atoms with E-state index >= 15 is 0 Å². The van der Waals surface area contributed by atoms with Gasteiger partial charge in [-0.05, 0) is 36.8 Å². The Hall–Kier alpha value is -1.91. The number of aryl methyl sites for hydroxylation is 1. The summed E-state index contributed by atoms with van der Waals surface area (Å²) >= 11 is 12.0. The van der Waals surface area contributed by atoms with Gasteiger partial charge in [0.05, 0.1) is 15.6 Å². The first-order valence-electron chi connectivity index (χ1n) is 6.59. The number of rotatable bonds is 6. The van der Waals surface area contributed by atoms with Crippen molar-refractivity contribution in [3.63, 3.8) is 0 Å². The van der Waals surface area contributed by atoms with Crippen LogP contribution < -0.4 is 15.2 Å². The number of carbonyl (C=O) groups is 1. The molecule has 0 spiro atoms. The molecule has 0 aliphatic heterocycles. The number of hydrogen-bond acceptors (Lipinski definition) is 3. The van der Waals surface area contributed by atoms with Crippen molar-refractivity contribution in [1.29, 1.82) is 0 Å². The Labute approximate surface area is 138 Å². The fourth-order valence-corrected chi connectivity index (χ4v) is 2.37. The van der Waals surface area contributed by atoms with Gasteiger partial charge in [-0.25, -0.2) is 0 Å². The van der Waals surface area contributed by atoms with E-state index in [-0.39, 0.29) is 13.2 Å². The van der Waals surface area contributed by atoms with Crippen LogP contribution in [0.5, 0.6) is 11.5 Å². The second-order valence-corrected chi connectivity index (χ2v) is 5.43. The SMILES string of the molecule is Cc1ccc(C(N)=O)c(OCCOc2c(Cl)cccc2Cl)c1. The lowest BCUT2D eigenvalue weighted by Crippen LogP contribution is -2.15. The van der Waals surface area contributed by atoms with E-state index in [9.17, 15) is 4.79 Å². The molecule has 116 valence electrons. The summed E-state index contributed by atoms with van der Waals surface area (Å²) in [6.45, 7) is 2.36. The van der Waals surface area contributed by atoms with Gasteiger partial charge in [0.1, 0.15) is 19.0 Å². The maximum absolute atomic E-state index is 11.4. The van der Waals surface area contributed by atoms with E-state index in [1.807, 2.05) is 6.92 Å². The van der Waals surface area contributed by atoms with Gasteiger partial charge in [0.15, 0.2) is 5.75 Å². The first kappa shape index (κ1) is 16.5. The molecule has 0 radical (unpaired) electrons. The van der Waals surface area contributed by atoms with Crippen molar-refractivity contribution in [2.24, 2.45) is 5.73 Å². The molecule has 6 heteroatoms. The number of para-hydroxylation sites is 1. The molecule has 0 fully saturated rings. The van der Waals surface area contributed by atoms with Crippen LogP contribution in [0, 0.1) is 6.92 Å². The molecule has 0 bridgehead atoms. The number of halogens is 2. The number of primary amides is 1. The van der Waals surface area contributed by atoms with Gasteiger partial charge in [0.2, 0.25) is 0 Å². The Balaban J connectivity index is 1.97. The van der Waals surface area contributed by atoms with Crippen molar-refractivity contribution in [3.05, 3.63) is 57.6 Å². The topological polar surface area (TPSA) is 61.6 Å². The molecule has 1 amide bonds. The molecular formula is C16H15Cl2NO3. The van der Waals surface area contributed by atoms with Gasteiger partial charge in [-0.2, -0.15) is 0 Å². The molecule has 4 nitrogen and oxygen atoms in total. The summed E-state index contributed by atoms with van der Waals surface area (Å²) < 4.78 is 11.1. The molecule has 22 heavy (non-hydrogen) atoms. The van der Waals surface area contributed by atoms with Gasteiger partial charge in [-0.15, -0.1) is 0 Å². The normalized spacial score (nSPS) is 10.3. The quantitative estimate of drug-likeness (QED) is 0.813. The molecule has 2 aromatic rings. The van der Waals surface area contributed by atoms with E-state index in [0.717, 1.165) is 5.56 Å². The smallest absolute Gasteiger partial charge is 0.252 e. The molecule has 0 saturated carbocycles. The second-order valence-electron chi connectivity index (χ2n) is 4.61. The highest BCUT2D eigenvalue weighted by Gasteiger charge is 2.10.